The number of hydrogen-bond acceptors (Lipinski definition) is 6. The fraction of sp³-hybridized carbons (Fsp3) is 0.412. The number of hydrogen-bond donors (Lipinski definition) is 0. The lowest BCUT2D eigenvalue weighted by atomic mass is 10.1. The van der Waals surface area contributed by atoms with Crippen molar-refractivity contribution in [1.29, 1.82) is 5.26 Å². The van der Waals surface area contributed by atoms with Crippen LogP contribution in [0.2, 0.25) is 0 Å². The summed E-state index contributed by atoms with van der Waals surface area (Å²) in [6.07, 6.45) is 0.643. The zero-order valence-electron chi connectivity index (χ0n) is 13.9. The fourth-order valence-corrected chi connectivity index (χ4v) is 2.90. The van der Waals surface area contributed by atoms with Crippen molar-refractivity contribution in [2.75, 3.05) is 13.7 Å². The molecule has 6 nitrogen and oxygen atoms in total. The molecule has 0 atom stereocenters. The average Bonchev–Trinajstić information content (AvgIpc) is 3.00. The molecule has 0 radical (unpaired) electrons. The number of rotatable bonds is 6. The van der Waals surface area contributed by atoms with Crippen molar-refractivity contribution < 1.29 is 14.3 Å². The number of thiazole rings is 1. The van der Waals surface area contributed by atoms with Gasteiger partial charge < -0.3 is 9.64 Å². The molecule has 1 amide bonds. The van der Waals surface area contributed by atoms with Crippen molar-refractivity contribution in [3.05, 3.63) is 29.3 Å². The van der Waals surface area contributed by atoms with E-state index in [1.165, 1.54) is 11.9 Å². The van der Waals surface area contributed by atoms with Gasteiger partial charge in [0.2, 0.25) is 0 Å². The molecule has 0 spiro atoms. The topological polar surface area (TPSA) is 83.3 Å². The van der Waals surface area contributed by atoms with E-state index in [0.29, 0.717) is 6.42 Å². The van der Waals surface area contributed by atoms with Gasteiger partial charge >= 0.3 is 5.97 Å². The predicted molar refractivity (Wildman–Crippen MR) is 91.4 cm³/mol. The van der Waals surface area contributed by atoms with E-state index >= 15 is 0 Å². The van der Waals surface area contributed by atoms with E-state index in [9.17, 15) is 9.59 Å². The molecule has 1 heterocycles. The molecule has 2 rings (SSSR count). The summed E-state index contributed by atoms with van der Waals surface area (Å²) in [5, 5.41) is 9.87. The number of benzene rings is 1. The molecule has 126 valence electrons. The van der Waals surface area contributed by atoms with Crippen LogP contribution in [-0.4, -0.2) is 41.0 Å². The predicted octanol–water partition coefficient (Wildman–Crippen LogP) is 2.53. The van der Waals surface area contributed by atoms with Gasteiger partial charge in [-0.2, -0.15) is 5.26 Å². The molecule has 0 aliphatic heterocycles. The second kappa shape index (κ2) is 7.41. The summed E-state index contributed by atoms with van der Waals surface area (Å²) < 4.78 is 6.08. The molecule has 0 bridgehead atoms. The Morgan fingerprint density at radius 1 is 1.38 bits per heavy atom. The van der Waals surface area contributed by atoms with Crippen LogP contribution in [0.25, 0.3) is 10.2 Å². The lowest BCUT2D eigenvalue weighted by Crippen LogP contribution is -2.45. The van der Waals surface area contributed by atoms with Gasteiger partial charge in [-0.3, -0.25) is 9.59 Å². The summed E-state index contributed by atoms with van der Waals surface area (Å²) in [6, 6.07) is 9.81. The van der Waals surface area contributed by atoms with E-state index in [1.807, 2.05) is 30.3 Å². The van der Waals surface area contributed by atoms with Crippen LogP contribution in [-0.2, 0) is 20.7 Å². The average molecular weight is 345 g/mol. The van der Waals surface area contributed by atoms with E-state index in [0.717, 1.165) is 15.2 Å². The third kappa shape index (κ3) is 4.30. The van der Waals surface area contributed by atoms with E-state index < -0.39 is 17.4 Å². The number of ether oxygens (including phenoxy) is 1. The Balaban J connectivity index is 1.81. The first kappa shape index (κ1) is 17.9. The van der Waals surface area contributed by atoms with Gasteiger partial charge in [-0.25, -0.2) is 4.98 Å². The Morgan fingerprint density at radius 3 is 2.75 bits per heavy atom. The Labute approximate surface area is 144 Å². The number of aryl methyl sites for hydroxylation is 1. The number of amides is 1. The molecule has 0 unspecified atom stereocenters. The van der Waals surface area contributed by atoms with Gasteiger partial charge in [0.25, 0.3) is 5.91 Å². The number of likely N-dealkylation sites (N-methyl/N-ethyl adjacent to an activating group) is 1. The summed E-state index contributed by atoms with van der Waals surface area (Å²) >= 11 is 1.54. The molecular formula is C17H19N3O3S. The summed E-state index contributed by atoms with van der Waals surface area (Å²) in [4.78, 5) is 29.5. The Hall–Kier alpha value is -2.46. The smallest absolute Gasteiger partial charge is 0.306 e. The van der Waals surface area contributed by atoms with Gasteiger partial charge in [0.05, 0.1) is 27.7 Å². The number of esters is 1. The van der Waals surface area contributed by atoms with Crippen molar-refractivity contribution in [1.82, 2.24) is 9.88 Å². The van der Waals surface area contributed by atoms with Gasteiger partial charge in [0.1, 0.15) is 5.54 Å². The Morgan fingerprint density at radius 2 is 2.08 bits per heavy atom. The normalized spacial score (nSPS) is 11.1. The van der Waals surface area contributed by atoms with Crippen LogP contribution >= 0.6 is 11.3 Å². The van der Waals surface area contributed by atoms with Crippen molar-refractivity contribution in [2.45, 2.75) is 32.2 Å². The summed E-state index contributed by atoms with van der Waals surface area (Å²) in [7, 11) is 1.51. The van der Waals surface area contributed by atoms with Gasteiger partial charge in [-0.05, 0) is 26.0 Å². The van der Waals surface area contributed by atoms with E-state index in [1.54, 1.807) is 25.2 Å². The largest absolute Gasteiger partial charge is 0.456 e. The van der Waals surface area contributed by atoms with Crippen LogP contribution in [0.15, 0.2) is 24.3 Å². The van der Waals surface area contributed by atoms with Crippen LogP contribution in [0.1, 0.15) is 25.3 Å². The first-order chi connectivity index (χ1) is 11.3. The molecule has 0 fully saturated rings. The highest BCUT2D eigenvalue weighted by Crippen LogP contribution is 2.22. The molecule has 0 N–H and O–H groups in total. The summed E-state index contributed by atoms with van der Waals surface area (Å²) in [6.45, 7) is 2.89. The highest BCUT2D eigenvalue weighted by atomic mass is 32.1. The summed E-state index contributed by atoms with van der Waals surface area (Å²) in [5.41, 5.74) is -0.0220. The molecule has 1 aromatic carbocycles. The third-order valence-corrected chi connectivity index (χ3v) is 4.82. The molecule has 0 aliphatic carbocycles. The van der Waals surface area contributed by atoms with Crippen LogP contribution < -0.4 is 0 Å². The number of fused-ring (bicyclic) bond motifs is 1. The maximum Gasteiger partial charge on any atom is 0.306 e. The Kier molecular flexibility index (Phi) is 5.52. The van der Waals surface area contributed by atoms with Crippen LogP contribution in [0, 0.1) is 11.3 Å². The zero-order chi connectivity index (χ0) is 17.7. The van der Waals surface area contributed by atoms with Crippen LogP contribution in [0.5, 0.6) is 0 Å². The van der Waals surface area contributed by atoms with Gasteiger partial charge in [0, 0.05) is 13.5 Å². The molecule has 7 heteroatoms. The number of para-hydroxylation sites is 1. The molecule has 2 aromatic rings. The van der Waals surface area contributed by atoms with Crippen LogP contribution in [0.3, 0.4) is 0 Å². The van der Waals surface area contributed by atoms with Gasteiger partial charge in [-0.1, -0.05) is 12.1 Å². The van der Waals surface area contributed by atoms with Crippen molar-refractivity contribution in [2.24, 2.45) is 0 Å². The molecule has 24 heavy (non-hydrogen) atoms. The van der Waals surface area contributed by atoms with E-state index in [-0.39, 0.29) is 13.0 Å². The monoisotopic (exact) mass is 345 g/mol. The number of nitrogens with zero attached hydrogens (tertiary/aromatic N) is 3. The molecule has 0 saturated carbocycles. The summed E-state index contributed by atoms with van der Waals surface area (Å²) in [5.74, 6) is -0.861. The minimum Gasteiger partial charge on any atom is -0.456 e. The second-order valence-electron chi connectivity index (χ2n) is 5.86. The molecule has 0 aliphatic rings. The SMILES string of the molecule is CN(C(=O)COC(=O)CCc1nc2ccccc2s1)C(C)(C)C#N. The minimum atomic E-state index is -0.940. The fourth-order valence-electron chi connectivity index (χ4n) is 1.93. The maximum absolute atomic E-state index is 11.9. The highest BCUT2D eigenvalue weighted by molar-refractivity contribution is 7.18. The van der Waals surface area contributed by atoms with E-state index in [4.69, 9.17) is 10.00 Å². The number of carbonyl (C=O) groups is 2. The Bertz CT molecular complexity index is 759. The lowest BCUT2D eigenvalue weighted by molar-refractivity contribution is -0.152. The first-order valence-corrected chi connectivity index (χ1v) is 8.33. The number of nitriles is 1. The van der Waals surface area contributed by atoms with Gasteiger partial charge in [0.15, 0.2) is 6.61 Å². The quantitative estimate of drug-likeness (QED) is 0.751. The van der Waals surface area contributed by atoms with Crippen molar-refractivity contribution in [3.8, 4) is 6.07 Å². The zero-order valence-corrected chi connectivity index (χ0v) is 14.7. The third-order valence-electron chi connectivity index (χ3n) is 3.72. The molecular weight excluding hydrogens is 326 g/mol. The molecule has 1 aromatic heterocycles. The number of aromatic nitrogens is 1. The highest BCUT2D eigenvalue weighted by Gasteiger charge is 2.27. The van der Waals surface area contributed by atoms with Crippen molar-refractivity contribution in [3.63, 3.8) is 0 Å². The van der Waals surface area contributed by atoms with E-state index in [2.05, 4.69) is 4.98 Å². The standard InChI is InChI=1S/C17H19N3O3S/c1-17(2,11-18)20(3)15(21)10-23-16(22)9-8-14-19-12-6-4-5-7-13(12)24-14/h4-7H,8-10H2,1-3H3. The second-order valence-corrected chi connectivity index (χ2v) is 6.97. The maximum atomic E-state index is 11.9. The molecule has 0 saturated heterocycles. The van der Waals surface area contributed by atoms with Crippen molar-refractivity contribution >= 4 is 33.4 Å². The van der Waals surface area contributed by atoms with Crippen LogP contribution in [0.4, 0.5) is 0 Å². The first-order valence-electron chi connectivity index (χ1n) is 7.51. The minimum absolute atomic E-state index is 0.165. The lowest BCUT2D eigenvalue weighted by Gasteiger charge is -2.28. The number of carbonyl (C=O) groups excluding carboxylic acids is 2. The van der Waals surface area contributed by atoms with Gasteiger partial charge in [-0.15, -0.1) is 11.3 Å².